The molecule has 8 heteroatoms. The minimum absolute atomic E-state index is 0.110. The van der Waals surface area contributed by atoms with Gasteiger partial charge in [0.1, 0.15) is 5.75 Å². The molecule has 0 unspecified atom stereocenters. The first kappa shape index (κ1) is 24.5. The van der Waals surface area contributed by atoms with Crippen molar-refractivity contribution < 1.29 is 9.53 Å². The summed E-state index contributed by atoms with van der Waals surface area (Å²) in [6, 6.07) is 25.5. The third-order valence-corrected chi connectivity index (χ3v) is 6.91. The first-order valence-corrected chi connectivity index (χ1v) is 12.6. The van der Waals surface area contributed by atoms with E-state index in [0.29, 0.717) is 23.1 Å². The second-order valence-corrected chi connectivity index (χ2v) is 9.34. The Balaban J connectivity index is 1.43. The molecule has 37 heavy (non-hydrogen) atoms. The zero-order valence-electron chi connectivity index (χ0n) is 20.8. The van der Waals surface area contributed by atoms with Crippen LogP contribution >= 0.6 is 12.2 Å². The SMILES string of the molecule is COc1ccccc1NC(=O)CCN1C(=S)N[C@@H](c2ccccn2)[C@H]1c1cccn1-c1ccc(C)cc1. The minimum Gasteiger partial charge on any atom is -0.495 e. The zero-order chi connectivity index (χ0) is 25.8. The number of aryl methyl sites for hydroxylation is 1. The zero-order valence-corrected chi connectivity index (χ0v) is 21.6. The number of rotatable bonds is 8. The van der Waals surface area contributed by atoms with Gasteiger partial charge in [0.05, 0.1) is 30.6 Å². The summed E-state index contributed by atoms with van der Waals surface area (Å²) in [5.74, 6) is 0.513. The molecule has 1 aliphatic heterocycles. The second-order valence-electron chi connectivity index (χ2n) is 8.96. The number of anilines is 1. The van der Waals surface area contributed by atoms with Crippen molar-refractivity contribution in [2.75, 3.05) is 19.0 Å². The lowest BCUT2D eigenvalue weighted by Gasteiger charge is -2.29. The first-order chi connectivity index (χ1) is 18.0. The molecule has 0 spiro atoms. The van der Waals surface area contributed by atoms with Gasteiger partial charge in [0.25, 0.3) is 0 Å². The number of pyridine rings is 1. The Hall–Kier alpha value is -4.17. The van der Waals surface area contributed by atoms with Crippen LogP contribution in [0.5, 0.6) is 5.75 Å². The number of nitrogens with one attached hydrogen (secondary N) is 2. The number of para-hydroxylation sites is 2. The lowest BCUT2D eigenvalue weighted by Crippen LogP contribution is -2.33. The molecule has 0 aliphatic carbocycles. The largest absolute Gasteiger partial charge is 0.495 e. The van der Waals surface area contributed by atoms with Crippen molar-refractivity contribution in [3.63, 3.8) is 0 Å². The van der Waals surface area contributed by atoms with Crippen LogP contribution in [-0.4, -0.2) is 39.1 Å². The molecule has 1 saturated heterocycles. The smallest absolute Gasteiger partial charge is 0.226 e. The normalized spacial score (nSPS) is 16.9. The van der Waals surface area contributed by atoms with Crippen molar-refractivity contribution in [1.82, 2.24) is 19.8 Å². The molecule has 1 aliphatic rings. The molecule has 0 saturated carbocycles. The summed E-state index contributed by atoms with van der Waals surface area (Å²) in [6.45, 7) is 2.52. The van der Waals surface area contributed by atoms with Crippen molar-refractivity contribution in [3.8, 4) is 11.4 Å². The van der Waals surface area contributed by atoms with E-state index in [9.17, 15) is 4.79 Å². The fraction of sp³-hybridized carbons (Fsp3) is 0.207. The number of methoxy groups -OCH3 is 1. The topological polar surface area (TPSA) is 71.4 Å². The van der Waals surface area contributed by atoms with E-state index >= 15 is 0 Å². The average Bonchev–Trinajstić information content (AvgIpc) is 3.53. The molecule has 2 atom stereocenters. The molecule has 3 heterocycles. The monoisotopic (exact) mass is 511 g/mol. The van der Waals surface area contributed by atoms with E-state index in [1.807, 2.05) is 48.5 Å². The minimum atomic E-state index is -0.162. The van der Waals surface area contributed by atoms with Gasteiger partial charge >= 0.3 is 0 Å². The van der Waals surface area contributed by atoms with Gasteiger partial charge in [-0.25, -0.2) is 0 Å². The van der Waals surface area contributed by atoms with E-state index in [4.69, 9.17) is 17.0 Å². The third kappa shape index (κ3) is 5.20. The lowest BCUT2D eigenvalue weighted by molar-refractivity contribution is -0.116. The van der Waals surface area contributed by atoms with Crippen LogP contribution in [0.1, 0.15) is 35.5 Å². The standard InChI is InChI=1S/C29H29N5O2S/c1-20-12-14-21(15-13-20)33-18-7-10-24(33)28-27(23-9-5-6-17-30-23)32-29(37)34(28)19-16-26(35)31-22-8-3-4-11-25(22)36-2/h3-15,17-18,27-28H,16,19H2,1-2H3,(H,31,35)(H,32,37)/t27-,28+/m0/s1. The Morgan fingerprint density at radius 2 is 1.84 bits per heavy atom. The average molecular weight is 512 g/mol. The number of hydrogen-bond acceptors (Lipinski definition) is 4. The molecule has 2 N–H and O–H groups in total. The number of amides is 1. The van der Waals surface area contributed by atoms with Gasteiger partial charge in [0, 0.05) is 36.7 Å². The fourth-order valence-corrected chi connectivity index (χ4v) is 5.06. The highest BCUT2D eigenvalue weighted by atomic mass is 32.1. The van der Waals surface area contributed by atoms with Gasteiger partial charge in [-0.2, -0.15) is 0 Å². The Bertz CT molecular complexity index is 1390. The number of benzene rings is 2. The van der Waals surface area contributed by atoms with Crippen LogP contribution < -0.4 is 15.4 Å². The highest BCUT2D eigenvalue weighted by Crippen LogP contribution is 2.39. The molecule has 4 aromatic rings. The van der Waals surface area contributed by atoms with E-state index in [-0.39, 0.29) is 24.4 Å². The summed E-state index contributed by atoms with van der Waals surface area (Å²) >= 11 is 5.79. The quantitative estimate of drug-likeness (QED) is 0.317. The highest BCUT2D eigenvalue weighted by Gasteiger charge is 2.41. The van der Waals surface area contributed by atoms with Gasteiger partial charge in [-0.1, -0.05) is 35.9 Å². The number of aromatic nitrogens is 2. The van der Waals surface area contributed by atoms with Gasteiger partial charge in [0.2, 0.25) is 5.91 Å². The van der Waals surface area contributed by atoms with Crippen LogP contribution in [0.4, 0.5) is 5.69 Å². The summed E-state index contributed by atoms with van der Waals surface area (Å²) in [5, 5.41) is 7.03. The molecule has 5 rings (SSSR count). The Morgan fingerprint density at radius 1 is 1.05 bits per heavy atom. The van der Waals surface area contributed by atoms with Crippen LogP contribution in [0.2, 0.25) is 0 Å². The summed E-state index contributed by atoms with van der Waals surface area (Å²) in [6.07, 6.45) is 4.11. The Labute approximate surface area is 222 Å². The van der Waals surface area contributed by atoms with E-state index in [1.165, 1.54) is 5.56 Å². The Kier molecular flexibility index (Phi) is 7.18. The summed E-state index contributed by atoms with van der Waals surface area (Å²) in [4.78, 5) is 19.7. The van der Waals surface area contributed by atoms with E-state index < -0.39 is 0 Å². The lowest BCUT2D eigenvalue weighted by atomic mass is 10.0. The van der Waals surface area contributed by atoms with Crippen molar-refractivity contribution in [2.45, 2.75) is 25.4 Å². The maximum Gasteiger partial charge on any atom is 0.226 e. The second kappa shape index (κ2) is 10.8. The number of carbonyl (C=O) groups is 1. The fourth-order valence-electron chi connectivity index (χ4n) is 4.73. The summed E-state index contributed by atoms with van der Waals surface area (Å²) in [5.41, 5.74) is 4.88. The highest BCUT2D eigenvalue weighted by molar-refractivity contribution is 7.80. The van der Waals surface area contributed by atoms with Crippen LogP contribution in [0, 0.1) is 6.92 Å². The van der Waals surface area contributed by atoms with Gasteiger partial charge in [0.15, 0.2) is 5.11 Å². The molecule has 7 nitrogen and oxygen atoms in total. The molecule has 1 fully saturated rings. The van der Waals surface area contributed by atoms with E-state index in [1.54, 1.807) is 13.3 Å². The maximum absolute atomic E-state index is 12.9. The van der Waals surface area contributed by atoms with Crippen molar-refractivity contribution in [3.05, 3.63) is 108 Å². The van der Waals surface area contributed by atoms with Crippen LogP contribution in [0.15, 0.2) is 91.3 Å². The molecule has 2 aromatic carbocycles. The number of carbonyl (C=O) groups excluding carboxylic acids is 1. The number of thiocarbonyl (C=S) groups is 1. The predicted octanol–water partition coefficient (Wildman–Crippen LogP) is 5.19. The molecule has 0 radical (unpaired) electrons. The van der Waals surface area contributed by atoms with Crippen molar-refractivity contribution >= 4 is 28.9 Å². The summed E-state index contributed by atoms with van der Waals surface area (Å²) in [7, 11) is 1.59. The van der Waals surface area contributed by atoms with Crippen molar-refractivity contribution in [1.29, 1.82) is 0 Å². The molecular formula is C29H29N5O2S. The van der Waals surface area contributed by atoms with Gasteiger partial charge in [-0.05, 0) is 67.7 Å². The van der Waals surface area contributed by atoms with Gasteiger partial charge in [-0.3, -0.25) is 9.78 Å². The maximum atomic E-state index is 12.9. The molecular weight excluding hydrogens is 482 g/mol. The van der Waals surface area contributed by atoms with Crippen molar-refractivity contribution in [2.24, 2.45) is 0 Å². The first-order valence-electron chi connectivity index (χ1n) is 12.2. The molecule has 2 aromatic heterocycles. The Morgan fingerprint density at radius 3 is 2.59 bits per heavy atom. The molecule has 0 bridgehead atoms. The molecule has 188 valence electrons. The van der Waals surface area contributed by atoms with Crippen LogP contribution in [-0.2, 0) is 4.79 Å². The number of hydrogen-bond donors (Lipinski definition) is 2. The van der Waals surface area contributed by atoms with Gasteiger partial charge in [-0.15, -0.1) is 0 Å². The van der Waals surface area contributed by atoms with E-state index in [0.717, 1.165) is 17.1 Å². The predicted molar refractivity (Wildman–Crippen MR) is 149 cm³/mol. The molecule has 1 amide bonds. The van der Waals surface area contributed by atoms with Gasteiger partial charge < -0.3 is 24.8 Å². The number of ether oxygens (including phenoxy) is 1. The van der Waals surface area contributed by atoms with Crippen LogP contribution in [0.3, 0.4) is 0 Å². The van der Waals surface area contributed by atoms with E-state index in [2.05, 4.69) is 68.5 Å². The third-order valence-electron chi connectivity index (χ3n) is 6.55. The van der Waals surface area contributed by atoms with Crippen LogP contribution in [0.25, 0.3) is 5.69 Å². The summed E-state index contributed by atoms with van der Waals surface area (Å²) < 4.78 is 7.55. The number of nitrogens with zero attached hydrogens (tertiary/aromatic N) is 3.